The fourth-order valence-electron chi connectivity index (χ4n) is 4.28. The van der Waals surface area contributed by atoms with E-state index in [1.165, 1.54) is 11.0 Å². The van der Waals surface area contributed by atoms with Crippen molar-refractivity contribution >= 4 is 11.9 Å². The van der Waals surface area contributed by atoms with Gasteiger partial charge >= 0.3 is 5.97 Å². The number of carboxylic acid groups (broad SMARTS) is 1. The number of carbonyl (C=O) groups excluding carboxylic acids is 1. The molecular formula is C21H19F2NO3. The Hall–Kier alpha value is -2.76. The van der Waals surface area contributed by atoms with Crippen LogP contribution in [0.25, 0.3) is 0 Å². The highest BCUT2D eigenvalue weighted by Crippen LogP contribution is 2.47. The number of hydrogen-bond donors (Lipinski definition) is 1. The third-order valence-electron chi connectivity index (χ3n) is 5.84. The normalized spacial score (nSPS) is 20.5. The Balaban J connectivity index is 1.70. The van der Waals surface area contributed by atoms with Gasteiger partial charge in [0, 0.05) is 24.7 Å². The molecule has 1 aliphatic carbocycles. The minimum absolute atomic E-state index is 0.0513. The quantitative estimate of drug-likeness (QED) is 0.897. The molecule has 1 saturated carbocycles. The zero-order chi connectivity index (χ0) is 19.2. The Kier molecular flexibility index (Phi) is 4.21. The highest BCUT2D eigenvalue weighted by Gasteiger charge is 2.50. The highest BCUT2D eigenvalue weighted by atomic mass is 19.1. The average molecular weight is 371 g/mol. The molecule has 1 aliphatic heterocycles. The van der Waals surface area contributed by atoms with Crippen LogP contribution >= 0.6 is 0 Å². The maximum Gasteiger partial charge on any atom is 0.312 e. The second-order valence-corrected chi connectivity index (χ2v) is 7.34. The smallest absolute Gasteiger partial charge is 0.312 e. The van der Waals surface area contributed by atoms with Gasteiger partial charge in [-0.05, 0) is 30.0 Å². The first-order valence-electron chi connectivity index (χ1n) is 8.98. The van der Waals surface area contributed by atoms with Crippen molar-refractivity contribution in [1.82, 2.24) is 4.90 Å². The summed E-state index contributed by atoms with van der Waals surface area (Å²) in [6.45, 7) is 0.346. The Morgan fingerprint density at radius 3 is 2.48 bits per heavy atom. The number of halogens is 2. The van der Waals surface area contributed by atoms with E-state index < -0.39 is 28.9 Å². The van der Waals surface area contributed by atoms with E-state index in [-0.39, 0.29) is 18.0 Å². The fourth-order valence-corrected chi connectivity index (χ4v) is 4.28. The number of aliphatic carboxylic acids is 1. The van der Waals surface area contributed by atoms with Crippen LogP contribution in [-0.4, -0.2) is 28.4 Å². The largest absolute Gasteiger partial charge is 0.481 e. The fraction of sp³-hybridized carbons (Fsp3) is 0.333. The second kappa shape index (κ2) is 6.44. The van der Waals surface area contributed by atoms with Crippen molar-refractivity contribution in [3.63, 3.8) is 0 Å². The lowest BCUT2D eigenvalue weighted by Gasteiger charge is -2.45. The summed E-state index contributed by atoms with van der Waals surface area (Å²) < 4.78 is 27.8. The number of amides is 1. The molecule has 0 bridgehead atoms. The molecule has 1 heterocycles. The maximum atomic E-state index is 14.4. The summed E-state index contributed by atoms with van der Waals surface area (Å²) in [7, 11) is 0. The van der Waals surface area contributed by atoms with Crippen LogP contribution in [-0.2, 0) is 21.5 Å². The summed E-state index contributed by atoms with van der Waals surface area (Å²) in [4.78, 5) is 26.6. The van der Waals surface area contributed by atoms with E-state index in [4.69, 9.17) is 0 Å². The van der Waals surface area contributed by atoms with Gasteiger partial charge in [0.25, 0.3) is 0 Å². The van der Waals surface area contributed by atoms with E-state index in [2.05, 4.69) is 0 Å². The summed E-state index contributed by atoms with van der Waals surface area (Å²) in [5.74, 6) is -3.49. The molecular weight excluding hydrogens is 352 g/mol. The van der Waals surface area contributed by atoms with Crippen LogP contribution in [0.4, 0.5) is 8.78 Å². The van der Waals surface area contributed by atoms with Crippen LogP contribution in [0.5, 0.6) is 0 Å². The highest BCUT2D eigenvalue weighted by molar-refractivity contribution is 5.90. The van der Waals surface area contributed by atoms with Gasteiger partial charge in [-0.25, -0.2) is 8.78 Å². The summed E-state index contributed by atoms with van der Waals surface area (Å²) in [6, 6.07) is 10.5. The molecule has 1 fully saturated rings. The van der Waals surface area contributed by atoms with Crippen LogP contribution in [0.3, 0.4) is 0 Å². The predicted molar refractivity (Wildman–Crippen MR) is 94.1 cm³/mol. The monoisotopic (exact) mass is 371 g/mol. The average Bonchev–Trinajstić information content (AvgIpc) is 2.61. The van der Waals surface area contributed by atoms with E-state index >= 15 is 0 Å². The van der Waals surface area contributed by atoms with Crippen LogP contribution in [0.2, 0.25) is 0 Å². The Morgan fingerprint density at radius 2 is 1.85 bits per heavy atom. The van der Waals surface area contributed by atoms with Gasteiger partial charge in [-0.2, -0.15) is 0 Å². The molecule has 0 radical (unpaired) electrons. The van der Waals surface area contributed by atoms with Crippen molar-refractivity contribution in [3.8, 4) is 0 Å². The van der Waals surface area contributed by atoms with E-state index in [1.807, 2.05) is 12.1 Å². The van der Waals surface area contributed by atoms with Gasteiger partial charge in [0.15, 0.2) is 0 Å². The number of rotatable bonds is 3. The van der Waals surface area contributed by atoms with Crippen LogP contribution in [0.1, 0.15) is 41.9 Å². The molecule has 2 aromatic rings. The first-order chi connectivity index (χ1) is 12.9. The van der Waals surface area contributed by atoms with Crippen molar-refractivity contribution < 1.29 is 23.5 Å². The third-order valence-corrected chi connectivity index (χ3v) is 5.84. The number of fused-ring (bicyclic) bond motifs is 1. The maximum absolute atomic E-state index is 14.4. The number of carboxylic acids is 1. The molecule has 2 aliphatic rings. The van der Waals surface area contributed by atoms with Gasteiger partial charge in [0.2, 0.25) is 5.91 Å². The first-order valence-corrected chi connectivity index (χ1v) is 8.98. The summed E-state index contributed by atoms with van der Waals surface area (Å²) in [6.07, 6.45) is 1.73. The zero-order valence-corrected chi connectivity index (χ0v) is 14.6. The lowest BCUT2D eigenvalue weighted by atomic mass is 9.63. The second-order valence-electron chi connectivity index (χ2n) is 7.34. The summed E-state index contributed by atoms with van der Waals surface area (Å²) >= 11 is 0. The minimum Gasteiger partial charge on any atom is -0.481 e. The van der Waals surface area contributed by atoms with Gasteiger partial charge in [-0.1, -0.05) is 36.8 Å². The van der Waals surface area contributed by atoms with Crippen molar-refractivity contribution in [2.45, 2.75) is 37.1 Å². The Labute approximate surface area is 155 Å². The molecule has 140 valence electrons. The lowest BCUT2D eigenvalue weighted by molar-refractivity contribution is -0.145. The molecule has 0 saturated heterocycles. The standard InChI is InChI=1S/C21H19F2NO3/c22-14-6-7-17(18(23)10-14)21(8-3-9-21)20(27)24-11-13-4-1-2-5-15(13)16(12-24)19(25)26/h1-2,4-7,10,16H,3,8-9,11-12H2,(H,25,26). The number of nitrogens with zero attached hydrogens (tertiary/aromatic N) is 1. The van der Waals surface area contributed by atoms with Crippen LogP contribution in [0.15, 0.2) is 42.5 Å². The number of carbonyl (C=O) groups is 2. The minimum atomic E-state index is -1.03. The van der Waals surface area contributed by atoms with Gasteiger partial charge in [0.1, 0.15) is 11.6 Å². The molecule has 2 aromatic carbocycles. The van der Waals surface area contributed by atoms with Crippen molar-refractivity contribution in [3.05, 3.63) is 70.8 Å². The van der Waals surface area contributed by atoms with Crippen molar-refractivity contribution in [1.29, 1.82) is 0 Å². The number of hydrogen-bond acceptors (Lipinski definition) is 2. The van der Waals surface area contributed by atoms with E-state index in [1.54, 1.807) is 12.1 Å². The predicted octanol–water partition coefficient (Wildman–Crippen LogP) is 3.60. The molecule has 4 nitrogen and oxygen atoms in total. The van der Waals surface area contributed by atoms with E-state index in [0.717, 1.165) is 24.1 Å². The lowest BCUT2D eigenvalue weighted by Crippen LogP contribution is -2.53. The molecule has 1 unspecified atom stereocenters. The molecule has 1 atom stereocenters. The van der Waals surface area contributed by atoms with Gasteiger partial charge in [-0.15, -0.1) is 0 Å². The van der Waals surface area contributed by atoms with Gasteiger partial charge in [-0.3, -0.25) is 9.59 Å². The Morgan fingerprint density at radius 1 is 1.11 bits per heavy atom. The van der Waals surface area contributed by atoms with Crippen LogP contribution < -0.4 is 0 Å². The van der Waals surface area contributed by atoms with Gasteiger partial charge in [0.05, 0.1) is 11.3 Å². The molecule has 0 aromatic heterocycles. The number of benzene rings is 2. The summed E-state index contributed by atoms with van der Waals surface area (Å²) in [5, 5.41) is 9.61. The zero-order valence-electron chi connectivity index (χ0n) is 14.6. The molecule has 0 spiro atoms. The van der Waals surface area contributed by atoms with Crippen molar-refractivity contribution in [2.24, 2.45) is 0 Å². The molecule has 6 heteroatoms. The third kappa shape index (κ3) is 2.80. The van der Waals surface area contributed by atoms with Gasteiger partial charge < -0.3 is 10.0 Å². The van der Waals surface area contributed by atoms with Crippen molar-refractivity contribution in [2.75, 3.05) is 6.54 Å². The topological polar surface area (TPSA) is 57.6 Å². The van der Waals surface area contributed by atoms with E-state index in [9.17, 15) is 23.5 Å². The molecule has 4 rings (SSSR count). The molecule has 1 N–H and O–H groups in total. The SMILES string of the molecule is O=C(O)C1CN(C(=O)C2(c3ccc(F)cc3F)CCC2)Cc2ccccc21. The summed E-state index contributed by atoms with van der Waals surface area (Å²) in [5.41, 5.74) is 0.668. The van der Waals surface area contributed by atoms with E-state index in [0.29, 0.717) is 24.9 Å². The molecule has 27 heavy (non-hydrogen) atoms. The Bertz CT molecular complexity index is 923. The molecule has 1 amide bonds. The first kappa shape index (κ1) is 17.6. The van der Waals surface area contributed by atoms with Crippen LogP contribution in [0, 0.1) is 11.6 Å².